The normalized spacial score (nSPS) is 10.2. The van der Waals surface area contributed by atoms with Crippen LogP contribution in [-0.4, -0.2) is 31.1 Å². The monoisotopic (exact) mass is 233 g/mol. The fourth-order valence-electron chi connectivity index (χ4n) is 1.28. The van der Waals surface area contributed by atoms with Gasteiger partial charge in [0.15, 0.2) is 0 Å². The maximum atomic E-state index is 11.9. The lowest BCUT2D eigenvalue weighted by atomic mass is 10.2. The van der Waals surface area contributed by atoms with E-state index in [-0.39, 0.29) is 11.9 Å². The van der Waals surface area contributed by atoms with E-state index in [0.29, 0.717) is 16.9 Å². The number of hydrogen-bond donors (Lipinski definition) is 2. The van der Waals surface area contributed by atoms with E-state index in [9.17, 15) is 4.79 Å². The molecule has 3 N–H and O–H groups in total. The number of nitrogens with two attached hydrogens (primary N) is 1. The van der Waals surface area contributed by atoms with Crippen molar-refractivity contribution in [2.45, 2.75) is 6.92 Å². The predicted molar refractivity (Wildman–Crippen MR) is 60.1 cm³/mol. The summed E-state index contributed by atoms with van der Waals surface area (Å²) in [5, 5.41) is 13.6. The molecule has 0 aliphatic rings. The van der Waals surface area contributed by atoms with Crippen molar-refractivity contribution in [1.29, 1.82) is 0 Å². The molecule has 0 aliphatic heterocycles. The number of pyridine rings is 1. The second-order valence-electron chi connectivity index (χ2n) is 3.46. The number of hydrogen-bond acceptors (Lipinski definition) is 6. The highest BCUT2D eigenvalue weighted by Gasteiger charge is 2.12. The zero-order chi connectivity index (χ0) is 12.4. The summed E-state index contributed by atoms with van der Waals surface area (Å²) in [6.45, 7) is 1.72. The molecule has 2 rings (SSSR count). The number of aryl methyl sites for hydroxylation is 2. The second kappa shape index (κ2) is 4.16. The highest BCUT2D eigenvalue weighted by Crippen LogP contribution is 2.10. The number of nitrogens with one attached hydrogen (secondary N) is 1. The van der Waals surface area contributed by atoms with Gasteiger partial charge in [0, 0.05) is 0 Å². The van der Waals surface area contributed by atoms with Gasteiger partial charge in [-0.05, 0) is 18.2 Å². The quantitative estimate of drug-likeness (QED) is 0.739. The first-order chi connectivity index (χ1) is 8.06. The molecule has 0 radical (unpaired) electrons. The van der Waals surface area contributed by atoms with E-state index >= 15 is 0 Å². The van der Waals surface area contributed by atoms with E-state index < -0.39 is 0 Å². The highest BCUT2D eigenvalue weighted by molar-refractivity contribution is 6.04. The molecule has 0 atom stereocenters. The number of rotatable bonds is 2. The first-order valence-electron chi connectivity index (χ1n) is 4.84. The lowest BCUT2D eigenvalue weighted by molar-refractivity contribution is 0.102. The van der Waals surface area contributed by atoms with E-state index in [1.54, 1.807) is 20.0 Å². The number of anilines is 2. The van der Waals surface area contributed by atoms with E-state index in [0.717, 1.165) is 0 Å². The van der Waals surface area contributed by atoms with Gasteiger partial charge >= 0.3 is 0 Å². The molecule has 0 aromatic carbocycles. The molecule has 8 heteroatoms. The third-order valence-corrected chi connectivity index (χ3v) is 2.09. The average Bonchev–Trinajstić information content (AvgIpc) is 2.67. The maximum absolute atomic E-state index is 11.9. The van der Waals surface area contributed by atoms with Crippen molar-refractivity contribution in [1.82, 2.24) is 25.2 Å². The lowest BCUT2D eigenvalue weighted by Crippen LogP contribution is -2.15. The Balaban J connectivity index is 2.22. The summed E-state index contributed by atoms with van der Waals surface area (Å²) < 4.78 is 0. The van der Waals surface area contributed by atoms with Gasteiger partial charge in [0.05, 0.1) is 30.2 Å². The van der Waals surface area contributed by atoms with Crippen LogP contribution in [-0.2, 0) is 7.05 Å². The third kappa shape index (κ3) is 2.36. The van der Waals surface area contributed by atoms with Gasteiger partial charge in [0.1, 0.15) is 0 Å². The van der Waals surface area contributed by atoms with Crippen molar-refractivity contribution in [3.63, 3.8) is 0 Å². The Morgan fingerprint density at radius 2 is 2.29 bits per heavy atom. The minimum atomic E-state index is -0.365. The molecular weight excluding hydrogens is 222 g/mol. The standard InChI is InChI=1S/C9H11N7O/c1-5-7(3-6(10)4-11-5)8(17)12-9-13-15-16(2)14-9/h3-4H,10H2,1-2H3,(H,12,14,17). The molecule has 0 spiro atoms. The molecule has 1 amide bonds. The number of carbonyl (C=O) groups is 1. The SMILES string of the molecule is Cc1ncc(N)cc1C(=O)Nc1nnn(C)n1. The summed E-state index contributed by atoms with van der Waals surface area (Å²) in [5.41, 5.74) is 6.97. The number of aromatic nitrogens is 5. The maximum Gasteiger partial charge on any atom is 0.270 e. The van der Waals surface area contributed by atoms with Gasteiger partial charge in [-0.1, -0.05) is 5.10 Å². The molecular formula is C9H11N7O. The molecule has 88 valence electrons. The van der Waals surface area contributed by atoms with E-state index in [2.05, 4.69) is 25.7 Å². The van der Waals surface area contributed by atoms with Gasteiger partial charge in [-0.15, -0.1) is 5.10 Å². The minimum Gasteiger partial charge on any atom is -0.397 e. The number of amides is 1. The summed E-state index contributed by atoms with van der Waals surface area (Å²) in [4.78, 5) is 17.1. The minimum absolute atomic E-state index is 0.138. The van der Waals surface area contributed by atoms with Crippen LogP contribution in [0.4, 0.5) is 11.6 Å². The number of nitrogen functional groups attached to an aromatic ring is 1. The van der Waals surface area contributed by atoms with Crippen molar-refractivity contribution in [3.8, 4) is 0 Å². The van der Waals surface area contributed by atoms with Gasteiger partial charge in [-0.2, -0.15) is 4.80 Å². The van der Waals surface area contributed by atoms with Crippen molar-refractivity contribution in [2.24, 2.45) is 7.05 Å². The van der Waals surface area contributed by atoms with E-state index in [1.807, 2.05) is 0 Å². The Labute approximate surface area is 96.8 Å². The van der Waals surface area contributed by atoms with Crippen LogP contribution >= 0.6 is 0 Å². The van der Waals surface area contributed by atoms with Crippen LogP contribution < -0.4 is 11.1 Å². The molecule has 2 heterocycles. The Kier molecular flexibility index (Phi) is 2.69. The zero-order valence-corrected chi connectivity index (χ0v) is 9.38. The van der Waals surface area contributed by atoms with Gasteiger partial charge in [-0.3, -0.25) is 15.1 Å². The fourth-order valence-corrected chi connectivity index (χ4v) is 1.28. The van der Waals surface area contributed by atoms with Gasteiger partial charge in [0.2, 0.25) is 0 Å². The second-order valence-corrected chi connectivity index (χ2v) is 3.46. The Bertz CT molecular complexity index is 562. The molecule has 17 heavy (non-hydrogen) atoms. The van der Waals surface area contributed by atoms with Gasteiger partial charge in [0.25, 0.3) is 11.9 Å². The Hall–Kier alpha value is -2.51. The fraction of sp³-hybridized carbons (Fsp3) is 0.222. The number of carbonyl (C=O) groups excluding carboxylic acids is 1. The van der Waals surface area contributed by atoms with E-state index in [4.69, 9.17) is 5.73 Å². The first-order valence-corrected chi connectivity index (χ1v) is 4.84. The van der Waals surface area contributed by atoms with Crippen LogP contribution in [0.5, 0.6) is 0 Å². The summed E-state index contributed by atoms with van der Waals surface area (Å²) in [7, 11) is 1.61. The summed E-state index contributed by atoms with van der Waals surface area (Å²) in [5.74, 6) is -0.227. The average molecular weight is 233 g/mol. The van der Waals surface area contributed by atoms with Gasteiger partial charge in [-0.25, -0.2) is 0 Å². The summed E-state index contributed by atoms with van der Waals surface area (Å²) in [6, 6.07) is 1.55. The molecule has 0 saturated carbocycles. The van der Waals surface area contributed by atoms with Crippen LogP contribution in [0.2, 0.25) is 0 Å². The molecule has 0 bridgehead atoms. The molecule has 8 nitrogen and oxygen atoms in total. The van der Waals surface area contributed by atoms with Crippen molar-refractivity contribution in [2.75, 3.05) is 11.1 Å². The lowest BCUT2D eigenvalue weighted by Gasteiger charge is -2.04. The molecule has 0 fully saturated rings. The van der Waals surface area contributed by atoms with Crippen LogP contribution in [0.1, 0.15) is 16.1 Å². The molecule has 2 aromatic rings. The molecule has 0 aliphatic carbocycles. The van der Waals surface area contributed by atoms with Crippen LogP contribution in [0, 0.1) is 6.92 Å². The van der Waals surface area contributed by atoms with E-state index in [1.165, 1.54) is 11.0 Å². The Morgan fingerprint density at radius 1 is 1.53 bits per heavy atom. The topological polar surface area (TPSA) is 112 Å². The predicted octanol–water partition coefficient (Wildman–Crippen LogP) is -0.252. The molecule has 2 aromatic heterocycles. The Morgan fingerprint density at radius 3 is 2.94 bits per heavy atom. The molecule has 0 saturated heterocycles. The third-order valence-electron chi connectivity index (χ3n) is 2.09. The van der Waals surface area contributed by atoms with Crippen molar-refractivity contribution in [3.05, 3.63) is 23.5 Å². The number of tetrazole rings is 1. The highest BCUT2D eigenvalue weighted by atomic mass is 16.1. The van der Waals surface area contributed by atoms with Crippen molar-refractivity contribution >= 4 is 17.5 Å². The number of nitrogens with zero attached hydrogens (tertiary/aromatic N) is 5. The zero-order valence-electron chi connectivity index (χ0n) is 9.38. The van der Waals surface area contributed by atoms with Crippen LogP contribution in [0.3, 0.4) is 0 Å². The van der Waals surface area contributed by atoms with Gasteiger partial charge < -0.3 is 5.73 Å². The smallest absolute Gasteiger partial charge is 0.270 e. The van der Waals surface area contributed by atoms with Crippen LogP contribution in [0.25, 0.3) is 0 Å². The molecule has 0 unspecified atom stereocenters. The van der Waals surface area contributed by atoms with Crippen LogP contribution in [0.15, 0.2) is 12.3 Å². The summed E-state index contributed by atoms with van der Waals surface area (Å²) >= 11 is 0. The first kappa shape index (κ1) is 11.0. The largest absolute Gasteiger partial charge is 0.397 e. The summed E-state index contributed by atoms with van der Waals surface area (Å²) in [6.07, 6.45) is 1.49. The van der Waals surface area contributed by atoms with Crippen molar-refractivity contribution < 1.29 is 4.79 Å².